The second kappa shape index (κ2) is 15.8. The van der Waals surface area contributed by atoms with Gasteiger partial charge in [-0.1, -0.05) is 27.7 Å². The minimum Gasteiger partial charge on any atom is -0.459 e. The van der Waals surface area contributed by atoms with Gasteiger partial charge in [0.25, 0.3) is 0 Å². The van der Waals surface area contributed by atoms with Crippen LogP contribution < -0.4 is 5.32 Å². The van der Waals surface area contributed by atoms with Gasteiger partial charge in [-0.3, -0.25) is 14.4 Å². The summed E-state index contributed by atoms with van der Waals surface area (Å²) in [4.78, 5) is 42.7. The number of nitrogens with zero attached hydrogens (tertiary/aromatic N) is 1. The van der Waals surface area contributed by atoms with E-state index in [0.29, 0.717) is 19.4 Å². The second-order valence-electron chi connectivity index (χ2n) is 13.6. The smallest absolute Gasteiger partial charge is 0.316 e. The van der Waals surface area contributed by atoms with Crippen LogP contribution >= 0.6 is 0 Å². The molecule has 13 atom stereocenters. The molecule has 1 amide bonds. The fraction of sp³-hybridized carbons (Fsp3) is 0.906. The van der Waals surface area contributed by atoms with E-state index in [1.54, 1.807) is 34.6 Å². The van der Waals surface area contributed by atoms with Gasteiger partial charge in [0.2, 0.25) is 5.91 Å². The molecule has 13 unspecified atom stereocenters. The lowest BCUT2D eigenvalue weighted by atomic mass is 9.78. The Morgan fingerprint density at radius 1 is 1.05 bits per heavy atom. The number of likely N-dealkylation sites (N-methyl/N-ethyl adjacent to an activating group) is 1. The number of hydrogen-bond acceptors (Lipinski definition) is 11. The number of ketones is 1. The largest absolute Gasteiger partial charge is 0.459 e. The Bertz CT molecular complexity index is 977. The van der Waals surface area contributed by atoms with Crippen LogP contribution in [0.5, 0.6) is 0 Å². The molecule has 0 aromatic carbocycles. The van der Waals surface area contributed by atoms with E-state index in [1.165, 1.54) is 13.8 Å². The summed E-state index contributed by atoms with van der Waals surface area (Å²) in [6.07, 6.45) is -4.62. The summed E-state index contributed by atoms with van der Waals surface area (Å²) in [6, 6.07) is -1.17. The summed E-state index contributed by atoms with van der Waals surface area (Å²) in [5.74, 6) is -4.65. The molecule has 44 heavy (non-hydrogen) atoms. The first-order valence-corrected chi connectivity index (χ1v) is 16.1. The molecule has 0 radical (unpaired) electrons. The van der Waals surface area contributed by atoms with Crippen molar-refractivity contribution in [3.05, 3.63) is 0 Å². The van der Waals surface area contributed by atoms with E-state index in [0.717, 1.165) is 0 Å². The van der Waals surface area contributed by atoms with Crippen LogP contribution in [0.1, 0.15) is 88.0 Å². The molecule has 2 heterocycles. The molecule has 0 spiro atoms. The van der Waals surface area contributed by atoms with Crippen molar-refractivity contribution in [1.82, 2.24) is 10.2 Å². The third-order valence-corrected chi connectivity index (χ3v) is 9.36. The highest BCUT2D eigenvalue weighted by molar-refractivity contribution is 6.00. The van der Waals surface area contributed by atoms with Crippen LogP contribution in [0, 0.1) is 17.8 Å². The molecular weight excluding hydrogens is 572 g/mol. The van der Waals surface area contributed by atoms with E-state index in [-0.39, 0.29) is 25.0 Å². The second-order valence-corrected chi connectivity index (χ2v) is 13.6. The van der Waals surface area contributed by atoms with E-state index < -0.39 is 83.4 Å². The van der Waals surface area contributed by atoms with Gasteiger partial charge < -0.3 is 44.5 Å². The summed E-state index contributed by atoms with van der Waals surface area (Å²) in [7, 11) is 3.72. The molecule has 0 bridgehead atoms. The van der Waals surface area contributed by atoms with Gasteiger partial charge in [0.1, 0.15) is 29.8 Å². The molecule has 0 aromatic rings. The summed E-state index contributed by atoms with van der Waals surface area (Å²) in [5.41, 5.74) is -3.17. The van der Waals surface area contributed by atoms with Crippen LogP contribution in [0.4, 0.5) is 0 Å². The quantitative estimate of drug-likeness (QED) is 0.240. The van der Waals surface area contributed by atoms with Crippen LogP contribution in [-0.2, 0) is 33.3 Å². The zero-order valence-corrected chi connectivity index (χ0v) is 28.5. The van der Waals surface area contributed by atoms with Crippen LogP contribution in [0.15, 0.2) is 0 Å². The fourth-order valence-electron chi connectivity index (χ4n) is 6.54. The van der Waals surface area contributed by atoms with Crippen molar-refractivity contribution in [3.63, 3.8) is 0 Å². The molecule has 2 saturated heterocycles. The summed E-state index contributed by atoms with van der Waals surface area (Å²) in [6.45, 7) is 15.3. The van der Waals surface area contributed by atoms with Crippen molar-refractivity contribution in [2.24, 2.45) is 17.8 Å². The topological polar surface area (TPSA) is 164 Å². The highest BCUT2D eigenvalue weighted by Gasteiger charge is 2.51. The van der Waals surface area contributed by atoms with Gasteiger partial charge in [-0.2, -0.15) is 0 Å². The van der Waals surface area contributed by atoms with Gasteiger partial charge >= 0.3 is 5.97 Å². The Hall–Kier alpha value is -1.67. The molecule has 256 valence electrons. The van der Waals surface area contributed by atoms with Crippen LogP contribution in [0.3, 0.4) is 0 Å². The van der Waals surface area contributed by atoms with Gasteiger partial charge in [0.15, 0.2) is 12.1 Å². The zero-order valence-electron chi connectivity index (χ0n) is 28.5. The van der Waals surface area contributed by atoms with Gasteiger partial charge in [0, 0.05) is 24.5 Å². The standard InChI is InChI=1S/C32H58N2O10/c1-12-14-41-31(8)16-17(3)28(38)33-21(7)26(37)32(9,40)23(13-2)43-29(39)20(6)24(35)19(5)27(31)44-30-25(36)22(34(10)11)15-18(4)42-30/h17-23,25-27,30,36-37,40H,12-16H2,1-11H3,(H,33,38). The van der Waals surface area contributed by atoms with Crippen molar-refractivity contribution in [2.75, 3.05) is 20.7 Å². The maximum absolute atomic E-state index is 14.0. The minimum absolute atomic E-state index is 0.103. The molecule has 4 N–H and O–H groups in total. The first kappa shape index (κ1) is 38.5. The van der Waals surface area contributed by atoms with Crippen molar-refractivity contribution < 1.29 is 48.7 Å². The zero-order chi connectivity index (χ0) is 33.7. The molecule has 2 rings (SSSR count). The predicted octanol–water partition coefficient (Wildman–Crippen LogP) is 1.80. The number of Topliss-reactive ketones (excluding diaryl/α,β-unsaturated/α-hetero) is 1. The van der Waals surface area contributed by atoms with Crippen molar-refractivity contribution >= 4 is 17.7 Å². The van der Waals surface area contributed by atoms with E-state index in [9.17, 15) is 29.7 Å². The number of carbonyl (C=O) groups is 3. The molecule has 12 nitrogen and oxygen atoms in total. The van der Waals surface area contributed by atoms with Crippen LogP contribution in [0.25, 0.3) is 0 Å². The normalized spacial score (nSPS) is 43.6. The number of cyclic esters (lactones) is 1. The van der Waals surface area contributed by atoms with E-state index in [1.807, 2.05) is 32.8 Å². The molecule has 2 aliphatic rings. The number of aliphatic hydroxyl groups is 3. The highest BCUT2D eigenvalue weighted by atomic mass is 16.7. The Morgan fingerprint density at radius 3 is 2.20 bits per heavy atom. The number of nitrogens with one attached hydrogen (secondary N) is 1. The molecule has 0 aliphatic carbocycles. The number of amides is 1. The van der Waals surface area contributed by atoms with Crippen LogP contribution in [-0.4, -0.2) is 119 Å². The summed E-state index contributed by atoms with van der Waals surface area (Å²) in [5, 5.41) is 36.4. The van der Waals surface area contributed by atoms with Gasteiger partial charge in [-0.15, -0.1) is 0 Å². The van der Waals surface area contributed by atoms with Gasteiger partial charge in [-0.05, 0) is 74.4 Å². The SMILES string of the molecule is CCCOC1(C)CC(C)C(=O)NC(C)C(O)C(C)(O)C(CC)OC(=O)C(C)C(=O)C(C)C1OC1OC(C)CC(N(C)C)C1O. The highest BCUT2D eigenvalue weighted by Crippen LogP contribution is 2.37. The molecule has 12 heteroatoms. The van der Waals surface area contributed by atoms with E-state index in [2.05, 4.69) is 5.32 Å². The third kappa shape index (κ3) is 8.77. The number of esters is 1. The molecule has 2 fully saturated rings. The third-order valence-electron chi connectivity index (χ3n) is 9.36. The van der Waals surface area contributed by atoms with Crippen molar-refractivity contribution in [2.45, 2.75) is 148 Å². The van der Waals surface area contributed by atoms with Crippen LogP contribution in [0.2, 0.25) is 0 Å². The lowest BCUT2D eigenvalue weighted by molar-refractivity contribution is -0.297. The molecule has 0 saturated carbocycles. The van der Waals surface area contributed by atoms with Gasteiger partial charge in [0.05, 0.1) is 23.9 Å². The van der Waals surface area contributed by atoms with Crippen molar-refractivity contribution in [3.8, 4) is 0 Å². The average molecular weight is 631 g/mol. The van der Waals surface area contributed by atoms with Gasteiger partial charge in [-0.25, -0.2) is 0 Å². The van der Waals surface area contributed by atoms with E-state index >= 15 is 0 Å². The Morgan fingerprint density at radius 2 is 1.66 bits per heavy atom. The maximum Gasteiger partial charge on any atom is 0.316 e. The Kier molecular flexibility index (Phi) is 13.8. The lowest BCUT2D eigenvalue weighted by Gasteiger charge is -2.47. The number of aliphatic hydroxyl groups excluding tert-OH is 2. The average Bonchev–Trinajstić information content (AvgIpc) is 2.96. The molecular formula is C32H58N2O10. The Labute approximate surface area is 263 Å². The predicted molar refractivity (Wildman–Crippen MR) is 163 cm³/mol. The first-order valence-electron chi connectivity index (χ1n) is 16.1. The van der Waals surface area contributed by atoms with E-state index in [4.69, 9.17) is 18.9 Å². The molecule has 0 aromatic heterocycles. The first-order chi connectivity index (χ1) is 20.3. The number of carbonyl (C=O) groups excluding carboxylic acids is 3. The van der Waals surface area contributed by atoms with Crippen molar-refractivity contribution in [1.29, 1.82) is 0 Å². The monoisotopic (exact) mass is 630 g/mol. The number of rotatable bonds is 7. The summed E-state index contributed by atoms with van der Waals surface area (Å²) >= 11 is 0. The minimum atomic E-state index is -1.92. The fourth-order valence-corrected chi connectivity index (χ4v) is 6.54. The lowest BCUT2D eigenvalue weighted by Crippen LogP contribution is -2.60. The maximum atomic E-state index is 14.0. The Balaban J connectivity index is 2.66. The number of ether oxygens (including phenoxy) is 4. The molecule has 2 aliphatic heterocycles. The summed E-state index contributed by atoms with van der Waals surface area (Å²) < 4.78 is 24.7. The number of hydrogen-bond donors (Lipinski definition) is 4.